The average molecular weight is 464 g/mol. The molecule has 0 aliphatic rings. The van der Waals surface area contributed by atoms with E-state index < -0.39 is 0 Å². The molecular weight excluding hydrogens is 445 g/mol. The molecule has 4 aromatic rings. The highest BCUT2D eigenvalue weighted by Gasteiger charge is 2.11. The lowest BCUT2D eigenvalue weighted by Gasteiger charge is -2.09. The molecule has 7 heteroatoms. The van der Waals surface area contributed by atoms with Crippen LogP contribution in [0.1, 0.15) is 21.5 Å². The normalized spacial score (nSPS) is 10.9. The van der Waals surface area contributed by atoms with Gasteiger partial charge in [-0.25, -0.2) is 5.43 Å². The summed E-state index contributed by atoms with van der Waals surface area (Å²) in [6.07, 6.45) is 5.36. The van der Waals surface area contributed by atoms with E-state index in [9.17, 15) is 4.79 Å². The van der Waals surface area contributed by atoms with Crippen molar-refractivity contribution in [3.8, 4) is 11.4 Å². The van der Waals surface area contributed by atoms with Gasteiger partial charge >= 0.3 is 0 Å². The number of carbonyl (C=O) groups is 1. The van der Waals surface area contributed by atoms with Crippen molar-refractivity contribution in [2.75, 3.05) is 0 Å². The maximum atomic E-state index is 12.6. The molecule has 1 amide bonds. The van der Waals surface area contributed by atoms with Crippen LogP contribution in [-0.4, -0.2) is 16.7 Å². The van der Waals surface area contributed by atoms with Gasteiger partial charge in [-0.3, -0.25) is 4.79 Å². The van der Waals surface area contributed by atoms with E-state index in [0.29, 0.717) is 28.0 Å². The number of ether oxygens (including phenoxy) is 1. The number of rotatable bonds is 7. The Balaban J connectivity index is 1.34. The standard InChI is InChI=1S/C25H19Cl2N3O2/c26-22-12-9-19(15-23(22)27)17-32-20-10-7-18(8-11-20)16-28-29-25(31)21-5-1-2-6-24(21)30-13-3-4-14-30/h1-16H,17H2,(H,29,31)/b28-16-. The van der Waals surface area contributed by atoms with Crippen LogP contribution in [0.2, 0.25) is 10.0 Å². The van der Waals surface area contributed by atoms with Crippen LogP contribution in [0.5, 0.6) is 5.75 Å². The summed E-state index contributed by atoms with van der Waals surface area (Å²) in [7, 11) is 0. The second-order valence-electron chi connectivity index (χ2n) is 6.91. The van der Waals surface area contributed by atoms with Gasteiger partial charge in [-0.1, -0.05) is 41.4 Å². The van der Waals surface area contributed by atoms with Crippen molar-refractivity contribution in [2.45, 2.75) is 6.61 Å². The van der Waals surface area contributed by atoms with Crippen molar-refractivity contribution in [2.24, 2.45) is 5.10 Å². The molecule has 3 aromatic carbocycles. The molecule has 0 aliphatic heterocycles. The van der Waals surface area contributed by atoms with Gasteiger partial charge < -0.3 is 9.30 Å². The average Bonchev–Trinajstić information content (AvgIpc) is 3.35. The lowest BCUT2D eigenvalue weighted by atomic mass is 10.1. The van der Waals surface area contributed by atoms with E-state index in [1.165, 1.54) is 0 Å². The first-order valence-electron chi connectivity index (χ1n) is 9.83. The molecule has 0 radical (unpaired) electrons. The summed E-state index contributed by atoms with van der Waals surface area (Å²) >= 11 is 12.0. The van der Waals surface area contributed by atoms with Gasteiger partial charge in [0.2, 0.25) is 0 Å². The van der Waals surface area contributed by atoms with Gasteiger partial charge in [0.1, 0.15) is 12.4 Å². The number of amides is 1. The monoisotopic (exact) mass is 463 g/mol. The third-order valence-corrected chi connectivity index (χ3v) is 5.42. The Hall–Kier alpha value is -3.54. The molecule has 0 spiro atoms. The Morgan fingerprint density at radius 1 is 0.938 bits per heavy atom. The fourth-order valence-electron chi connectivity index (χ4n) is 3.06. The molecule has 0 saturated carbocycles. The maximum absolute atomic E-state index is 12.6. The van der Waals surface area contributed by atoms with E-state index >= 15 is 0 Å². The third-order valence-electron chi connectivity index (χ3n) is 4.68. The van der Waals surface area contributed by atoms with Crippen LogP contribution < -0.4 is 10.2 Å². The molecule has 5 nitrogen and oxygen atoms in total. The van der Waals surface area contributed by atoms with Crippen molar-refractivity contribution in [3.05, 3.63) is 118 Å². The van der Waals surface area contributed by atoms with Crippen LogP contribution in [0, 0.1) is 0 Å². The minimum atomic E-state index is -0.285. The summed E-state index contributed by atoms with van der Waals surface area (Å²) in [5.41, 5.74) is 5.65. The van der Waals surface area contributed by atoms with Crippen molar-refractivity contribution >= 4 is 35.3 Å². The first kappa shape index (κ1) is 21.7. The quantitative estimate of drug-likeness (QED) is 0.264. The number of nitrogens with zero attached hydrogens (tertiary/aromatic N) is 2. The lowest BCUT2D eigenvalue weighted by Crippen LogP contribution is -2.19. The molecule has 1 N–H and O–H groups in total. The molecule has 1 heterocycles. The number of hydrazone groups is 1. The zero-order chi connectivity index (χ0) is 22.3. The molecule has 0 saturated heterocycles. The number of aromatic nitrogens is 1. The summed E-state index contributed by atoms with van der Waals surface area (Å²) in [6, 6.07) is 23.9. The Bertz CT molecular complexity index is 1240. The van der Waals surface area contributed by atoms with Crippen molar-refractivity contribution < 1.29 is 9.53 Å². The minimum Gasteiger partial charge on any atom is -0.489 e. The van der Waals surface area contributed by atoms with Crippen LogP contribution in [0.25, 0.3) is 5.69 Å². The van der Waals surface area contributed by atoms with E-state index in [0.717, 1.165) is 16.8 Å². The van der Waals surface area contributed by atoms with E-state index in [-0.39, 0.29) is 5.91 Å². The van der Waals surface area contributed by atoms with Crippen LogP contribution in [0.3, 0.4) is 0 Å². The summed E-state index contributed by atoms with van der Waals surface area (Å²) in [6.45, 7) is 0.376. The number of para-hydroxylation sites is 1. The first-order valence-corrected chi connectivity index (χ1v) is 10.6. The molecule has 4 rings (SSSR count). The molecule has 160 valence electrons. The first-order chi connectivity index (χ1) is 15.6. The highest BCUT2D eigenvalue weighted by molar-refractivity contribution is 6.42. The van der Waals surface area contributed by atoms with Gasteiger partial charge in [0, 0.05) is 12.4 Å². The van der Waals surface area contributed by atoms with Crippen LogP contribution >= 0.6 is 23.2 Å². The van der Waals surface area contributed by atoms with E-state index in [1.54, 1.807) is 24.4 Å². The Kier molecular flexibility index (Phi) is 6.90. The van der Waals surface area contributed by atoms with E-state index in [4.69, 9.17) is 27.9 Å². The van der Waals surface area contributed by atoms with Gasteiger partial charge in [-0.2, -0.15) is 5.10 Å². The molecule has 0 unspecified atom stereocenters. The molecule has 0 bridgehead atoms. The van der Waals surface area contributed by atoms with Gasteiger partial charge in [0.25, 0.3) is 5.91 Å². The predicted octanol–water partition coefficient (Wildman–Crippen LogP) is 6.13. The Labute approximate surface area is 195 Å². The zero-order valence-electron chi connectivity index (χ0n) is 16.9. The number of hydrogen-bond acceptors (Lipinski definition) is 3. The molecule has 0 aliphatic carbocycles. The number of halogens is 2. The van der Waals surface area contributed by atoms with Crippen molar-refractivity contribution in [3.63, 3.8) is 0 Å². The van der Waals surface area contributed by atoms with Crippen LogP contribution in [0.4, 0.5) is 0 Å². The molecular formula is C25H19Cl2N3O2. The Morgan fingerprint density at radius 2 is 1.69 bits per heavy atom. The third kappa shape index (κ3) is 5.38. The second-order valence-corrected chi connectivity index (χ2v) is 7.73. The lowest BCUT2D eigenvalue weighted by molar-refractivity contribution is 0.0955. The molecule has 32 heavy (non-hydrogen) atoms. The highest BCUT2D eigenvalue weighted by Crippen LogP contribution is 2.23. The van der Waals surface area contributed by atoms with Crippen LogP contribution in [-0.2, 0) is 6.61 Å². The Morgan fingerprint density at radius 3 is 2.44 bits per heavy atom. The minimum absolute atomic E-state index is 0.285. The smallest absolute Gasteiger partial charge is 0.273 e. The topological polar surface area (TPSA) is 55.6 Å². The van der Waals surface area contributed by atoms with Gasteiger partial charge in [0.15, 0.2) is 0 Å². The van der Waals surface area contributed by atoms with Gasteiger partial charge in [-0.15, -0.1) is 0 Å². The number of hydrogen-bond donors (Lipinski definition) is 1. The SMILES string of the molecule is O=C(N/N=C\c1ccc(OCc2ccc(Cl)c(Cl)c2)cc1)c1ccccc1-n1cccc1. The summed E-state index contributed by atoms with van der Waals surface area (Å²) in [4.78, 5) is 12.6. The second kappa shape index (κ2) is 10.2. The summed E-state index contributed by atoms with van der Waals surface area (Å²) < 4.78 is 7.66. The number of carbonyl (C=O) groups excluding carboxylic acids is 1. The fraction of sp³-hybridized carbons (Fsp3) is 0.0400. The predicted molar refractivity (Wildman–Crippen MR) is 128 cm³/mol. The largest absolute Gasteiger partial charge is 0.489 e. The van der Waals surface area contributed by atoms with Gasteiger partial charge in [0.05, 0.1) is 27.5 Å². The van der Waals surface area contributed by atoms with Crippen molar-refractivity contribution in [1.82, 2.24) is 9.99 Å². The summed E-state index contributed by atoms with van der Waals surface area (Å²) in [5.74, 6) is 0.421. The van der Waals surface area contributed by atoms with E-state index in [1.807, 2.05) is 77.6 Å². The summed E-state index contributed by atoms with van der Waals surface area (Å²) in [5, 5.41) is 5.09. The molecule has 0 fully saturated rings. The van der Waals surface area contributed by atoms with Crippen molar-refractivity contribution in [1.29, 1.82) is 0 Å². The van der Waals surface area contributed by atoms with Gasteiger partial charge in [-0.05, 0) is 71.8 Å². The molecule has 1 aromatic heterocycles. The maximum Gasteiger partial charge on any atom is 0.273 e. The fourth-order valence-corrected chi connectivity index (χ4v) is 3.38. The number of benzene rings is 3. The highest BCUT2D eigenvalue weighted by atomic mass is 35.5. The molecule has 0 atom stereocenters. The zero-order valence-corrected chi connectivity index (χ0v) is 18.4. The van der Waals surface area contributed by atoms with E-state index in [2.05, 4.69) is 10.5 Å². The van der Waals surface area contributed by atoms with Crippen LogP contribution in [0.15, 0.2) is 96.4 Å². The number of nitrogens with one attached hydrogen (secondary N) is 1.